The van der Waals surface area contributed by atoms with Crippen LogP contribution in [-0.2, 0) is 16.6 Å². The molecule has 0 radical (unpaired) electrons. The first-order chi connectivity index (χ1) is 9.94. The Morgan fingerprint density at radius 1 is 1.38 bits per heavy atom. The largest absolute Gasteiger partial charge is 0.309 e. The molecule has 0 amide bonds. The fourth-order valence-corrected chi connectivity index (χ4v) is 6.00. The van der Waals surface area contributed by atoms with Crippen LogP contribution in [0.2, 0.25) is 0 Å². The van der Waals surface area contributed by atoms with Crippen molar-refractivity contribution in [3.63, 3.8) is 0 Å². The average Bonchev–Trinajstić information content (AvgIpc) is 3.14. The molecule has 0 unspecified atom stereocenters. The average molecular weight is 329 g/mol. The second kappa shape index (κ2) is 5.65. The van der Waals surface area contributed by atoms with Crippen LogP contribution in [0.25, 0.3) is 0 Å². The van der Waals surface area contributed by atoms with Crippen molar-refractivity contribution in [3.05, 3.63) is 15.8 Å². The number of thiophene rings is 1. The lowest BCUT2D eigenvalue weighted by Gasteiger charge is -2.41. The summed E-state index contributed by atoms with van der Waals surface area (Å²) < 4.78 is 28.3. The van der Waals surface area contributed by atoms with Gasteiger partial charge in [-0.25, -0.2) is 13.1 Å². The molecule has 2 fully saturated rings. The monoisotopic (exact) mass is 328 g/mol. The lowest BCUT2D eigenvalue weighted by Crippen LogP contribution is -2.52. The van der Waals surface area contributed by atoms with Crippen LogP contribution in [0, 0.1) is 6.92 Å². The molecule has 4 nitrogen and oxygen atoms in total. The van der Waals surface area contributed by atoms with Gasteiger partial charge in [0.25, 0.3) is 0 Å². The van der Waals surface area contributed by atoms with E-state index in [9.17, 15) is 8.42 Å². The van der Waals surface area contributed by atoms with Crippen LogP contribution in [0.4, 0.5) is 0 Å². The van der Waals surface area contributed by atoms with E-state index in [0.29, 0.717) is 10.9 Å². The maximum absolute atomic E-state index is 12.7. The summed E-state index contributed by atoms with van der Waals surface area (Å²) in [5, 5.41) is 3.44. The van der Waals surface area contributed by atoms with Crippen LogP contribution in [0.15, 0.2) is 11.0 Å². The molecule has 118 valence electrons. The molecule has 0 bridgehead atoms. The predicted molar refractivity (Wildman–Crippen MR) is 86.1 cm³/mol. The minimum absolute atomic E-state index is 0.195. The molecule has 1 aromatic heterocycles. The number of hydrogen-bond donors (Lipinski definition) is 2. The van der Waals surface area contributed by atoms with Gasteiger partial charge in [0.15, 0.2) is 0 Å². The zero-order chi connectivity index (χ0) is 15.1. The third-order valence-corrected chi connectivity index (χ3v) is 7.58. The Hall–Kier alpha value is -0.430. The standard InChI is InChI=1S/C15H24N2O2S2/c1-3-15(7-4-8-15)17-21(18,19)14-9-13(20-11(14)2)10-16-12-5-6-12/h9,12,16-17H,3-8,10H2,1-2H3. The molecule has 2 aliphatic carbocycles. The molecule has 0 atom stereocenters. The minimum atomic E-state index is -3.39. The highest BCUT2D eigenvalue weighted by Crippen LogP contribution is 2.37. The Balaban J connectivity index is 1.74. The van der Waals surface area contributed by atoms with E-state index in [1.54, 1.807) is 11.3 Å². The molecular weight excluding hydrogens is 304 g/mol. The summed E-state index contributed by atoms with van der Waals surface area (Å²) >= 11 is 1.59. The van der Waals surface area contributed by atoms with Gasteiger partial charge >= 0.3 is 0 Å². The minimum Gasteiger partial charge on any atom is -0.309 e. The van der Waals surface area contributed by atoms with Gasteiger partial charge in [0.2, 0.25) is 10.0 Å². The van der Waals surface area contributed by atoms with E-state index in [-0.39, 0.29) is 5.54 Å². The fraction of sp³-hybridized carbons (Fsp3) is 0.733. The summed E-state index contributed by atoms with van der Waals surface area (Å²) in [7, 11) is -3.39. The molecule has 1 heterocycles. The summed E-state index contributed by atoms with van der Waals surface area (Å²) in [6, 6.07) is 2.49. The predicted octanol–water partition coefficient (Wildman–Crippen LogP) is 2.92. The van der Waals surface area contributed by atoms with Gasteiger partial charge in [-0.1, -0.05) is 6.92 Å². The molecule has 2 saturated carbocycles. The molecule has 21 heavy (non-hydrogen) atoms. The molecule has 1 aromatic rings. The second-order valence-corrected chi connectivity index (χ2v) is 9.37. The first-order valence-corrected chi connectivity index (χ1v) is 10.1. The van der Waals surface area contributed by atoms with Gasteiger partial charge in [0.1, 0.15) is 0 Å². The van der Waals surface area contributed by atoms with E-state index >= 15 is 0 Å². The quantitative estimate of drug-likeness (QED) is 0.809. The van der Waals surface area contributed by atoms with Gasteiger partial charge in [-0.2, -0.15) is 0 Å². The summed E-state index contributed by atoms with van der Waals surface area (Å²) in [6.07, 6.45) is 6.40. The van der Waals surface area contributed by atoms with E-state index < -0.39 is 10.0 Å². The van der Waals surface area contributed by atoms with Gasteiger partial charge in [-0.3, -0.25) is 0 Å². The van der Waals surface area contributed by atoms with Crippen LogP contribution in [-0.4, -0.2) is 20.0 Å². The molecule has 0 aliphatic heterocycles. The molecule has 3 rings (SSSR count). The smallest absolute Gasteiger partial charge is 0.242 e. The Labute approximate surface area is 131 Å². The summed E-state index contributed by atoms with van der Waals surface area (Å²) in [4.78, 5) is 2.47. The zero-order valence-corrected chi connectivity index (χ0v) is 14.4. The Kier molecular flexibility index (Phi) is 4.16. The van der Waals surface area contributed by atoms with Crippen molar-refractivity contribution in [2.75, 3.05) is 0 Å². The Bertz CT molecular complexity index is 608. The first-order valence-electron chi connectivity index (χ1n) is 7.81. The van der Waals surface area contributed by atoms with Gasteiger partial charge < -0.3 is 5.32 Å². The zero-order valence-electron chi connectivity index (χ0n) is 12.7. The fourth-order valence-electron chi connectivity index (χ4n) is 2.88. The van der Waals surface area contributed by atoms with Crippen LogP contribution >= 0.6 is 11.3 Å². The van der Waals surface area contributed by atoms with Crippen LogP contribution in [0.1, 0.15) is 55.2 Å². The molecule has 2 N–H and O–H groups in total. The van der Waals surface area contributed by atoms with E-state index in [2.05, 4.69) is 17.0 Å². The highest BCUT2D eigenvalue weighted by atomic mass is 32.2. The highest BCUT2D eigenvalue weighted by molar-refractivity contribution is 7.89. The van der Waals surface area contributed by atoms with Crippen molar-refractivity contribution >= 4 is 21.4 Å². The van der Waals surface area contributed by atoms with Crippen LogP contribution < -0.4 is 10.0 Å². The number of rotatable bonds is 7. The number of sulfonamides is 1. The van der Waals surface area contributed by atoms with Crippen molar-refractivity contribution in [2.24, 2.45) is 0 Å². The third-order valence-electron chi connectivity index (χ3n) is 4.69. The van der Waals surface area contributed by atoms with Gasteiger partial charge in [0, 0.05) is 27.9 Å². The van der Waals surface area contributed by atoms with Crippen molar-refractivity contribution in [2.45, 2.75) is 75.4 Å². The number of hydrogen-bond acceptors (Lipinski definition) is 4. The molecule has 6 heteroatoms. The lowest BCUT2D eigenvalue weighted by molar-refractivity contribution is 0.214. The van der Waals surface area contributed by atoms with Crippen molar-refractivity contribution in [3.8, 4) is 0 Å². The molecule has 2 aliphatic rings. The van der Waals surface area contributed by atoms with Crippen LogP contribution in [0.3, 0.4) is 0 Å². The van der Waals surface area contributed by atoms with Crippen molar-refractivity contribution in [1.82, 2.24) is 10.0 Å². The van der Waals surface area contributed by atoms with Crippen molar-refractivity contribution < 1.29 is 8.42 Å². The normalized spacial score (nSPS) is 21.2. The van der Waals surface area contributed by atoms with E-state index in [1.165, 1.54) is 12.8 Å². The summed E-state index contributed by atoms with van der Waals surface area (Å²) in [6.45, 7) is 4.75. The summed E-state index contributed by atoms with van der Waals surface area (Å²) in [5.74, 6) is 0. The lowest BCUT2D eigenvalue weighted by atomic mass is 9.76. The summed E-state index contributed by atoms with van der Waals surface area (Å²) in [5.41, 5.74) is -0.195. The maximum Gasteiger partial charge on any atom is 0.242 e. The van der Waals surface area contributed by atoms with Gasteiger partial charge in [0.05, 0.1) is 4.90 Å². The van der Waals surface area contributed by atoms with E-state index in [4.69, 9.17) is 0 Å². The first kappa shape index (κ1) is 15.5. The van der Waals surface area contributed by atoms with E-state index in [0.717, 1.165) is 42.0 Å². The highest BCUT2D eigenvalue weighted by Gasteiger charge is 2.39. The molecule has 0 saturated heterocycles. The SMILES string of the molecule is CCC1(NS(=O)(=O)c2cc(CNC3CC3)sc2C)CCC1. The third kappa shape index (κ3) is 3.33. The number of nitrogens with one attached hydrogen (secondary N) is 2. The number of aryl methyl sites for hydroxylation is 1. The maximum atomic E-state index is 12.7. The Morgan fingerprint density at radius 2 is 2.10 bits per heavy atom. The molecule has 0 spiro atoms. The molecular formula is C15H24N2O2S2. The Morgan fingerprint density at radius 3 is 2.62 bits per heavy atom. The molecule has 0 aromatic carbocycles. The second-order valence-electron chi connectivity index (χ2n) is 6.38. The van der Waals surface area contributed by atoms with Crippen molar-refractivity contribution in [1.29, 1.82) is 0 Å². The van der Waals surface area contributed by atoms with Crippen LogP contribution in [0.5, 0.6) is 0 Å². The van der Waals surface area contributed by atoms with Gasteiger partial charge in [-0.05, 0) is 51.5 Å². The van der Waals surface area contributed by atoms with Gasteiger partial charge in [-0.15, -0.1) is 11.3 Å². The topological polar surface area (TPSA) is 58.2 Å². The van der Waals surface area contributed by atoms with E-state index in [1.807, 2.05) is 13.0 Å².